The summed E-state index contributed by atoms with van der Waals surface area (Å²) in [6, 6.07) is 8.71. The van der Waals surface area contributed by atoms with E-state index in [4.69, 9.17) is 4.74 Å². The topological polar surface area (TPSA) is 39.1 Å². The zero-order valence-corrected chi connectivity index (χ0v) is 11.4. The summed E-state index contributed by atoms with van der Waals surface area (Å²) < 4.78 is 7.57. The summed E-state index contributed by atoms with van der Waals surface area (Å²) in [5, 5.41) is 3.46. The van der Waals surface area contributed by atoms with Gasteiger partial charge in [-0.2, -0.15) is 0 Å². The molecule has 1 aromatic heterocycles. The van der Waals surface area contributed by atoms with Crippen LogP contribution < -0.4 is 10.1 Å². The Morgan fingerprint density at radius 1 is 1.32 bits per heavy atom. The predicted molar refractivity (Wildman–Crippen MR) is 76.1 cm³/mol. The van der Waals surface area contributed by atoms with Gasteiger partial charge in [0.05, 0.1) is 12.3 Å². The SMILES string of the molecule is CCOc1ccc(-n2cc(C)nc2NC2CC2)cc1. The van der Waals surface area contributed by atoms with Crippen LogP contribution in [0.25, 0.3) is 5.69 Å². The van der Waals surface area contributed by atoms with Crippen molar-refractivity contribution in [3.05, 3.63) is 36.2 Å². The second kappa shape index (κ2) is 4.96. The second-order valence-electron chi connectivity index (χ2n) is 4.92. The highest BCUT2D eigenvalue weighted by atomic mass is 16.5. The fourth-order valence-corrected chi connectivity index (χ4v) is 2.08. The molecule has 1 aliphatic rings. The van der Waals surface area contributed by atoms with E-state index in [0.717, 1.165) is 23.1 Å². The second-order valence-corrected chi connectivity index (χ2v) is 4.92. The summed E-state index contributed by atoms with van der Waals surface area (Å²) in [5.74, 6) is 1.84. The van der Waals surface area contributed by atoms with E-state index in [1.54, 1.807) is 0 Å². The van der Waals surface area contributed by atoms with E-state index in [9.17, 15) is 0 Å². The number of aromatic nitrogens is 2. The highest BCUT2D eigenvalue weighted by molar-refractivity contribution is 5.46. The molecule has 0 amide bonds. The lowest BCUT2D eigenvalue weighted by Crippen LogP contribution is -2.07. The fraction of sp³-hybridized carbons (Fsp3) is 0.400. The zero-order valence-electron chi connectivity index (χ0n) is 11.4. The number of anilines is 1. The normalized spacial score (nSPS) is 14.4. The van der Waals surface area contributed by atoms with Crippen molar-refractivity contribution in [2.45, 2.75) is 32.7 Å². The molecule has 0 aliphatic heterocycles. The van der Waals surface area contributed by atoms with Crippen LogP contribution in [0.1, 0.15) is 25.5 Å². The lowest BCUT2D eigenvalue weighted by Gasteiger charge is -2.10. The monoisotopic (exact) mass is 257 g/mol. The Hall–Kier alpha value is -1.97. The van der Waals surface area contributed by atoms with Crippen LogP contribution in [-0.2, 0) is 0 Å². The van der Waals surface area contributed by atoms with Gasteiger partial charge in [0.25, 0.3) is 0 Å². The lowest BCUT2D eigenvalue weighted by atomic mass is 10.3. The third kappa shape index (κ3) is 2.72. The number of hydrogen-bond acceptors (Lipinski definition) is 3. The predicted octanol–water partition coefficient (Wildman–Crippen LogP) is 3.15. The van der Waals surface area contributed by atoms with Gasteiger partial charge in [0.2, 0.25) is 5.95 Å². The minimum absolute atomic E-state index is 0.600. The molecule has 1 aliphatic carbocycles. The number of imidazole rings is 1. The number of benzene rings is 1. The number of ether oxygens (including phenoxy) is 1. The number of aryl methyl sites for hydroxylation is 1. The molecule has 1 N–H and O–H groups in total. The van der Waals surface area contributed by atoms with Crippen LogP contribution in [0.3, 0.4) is 0 Å². The van der Waals surface area contributed by atoms with Gasteiger partial charge in [-0.15, -0.1) is 0 Å². The summed E-state index contributed by atoms with van der Waals surface area (Å²) in [6.07, 6.45) is 4.55. The molecule has 0 radical (unpaired) electrons. The Bertz CT molecular complexity index is 555. The van der Waals surface area contributed by atoms with Gasteiger partial charge in [0, 0.05) is 17.9 Å². The number of hydrogen-bond donors (Lipinski definition) is 1. The highest BCUT2D eigenvalue weighted by Crippen LogP contribution is 2.26. The molecule has 2 aromatic rings. The van der Waals surface area contributed by atoms with Gasteiger partial charge in [-0.05, 0) is 51.0 Å². The third-order valence-electron chi connectivity index (χ3n) is 3.16. The summed E-state index contributed by atoms with van der Waals surface area (Å²) >= 11 is 0. The molecule has 0 atom stereocenters. The van der Waals surface area contributed by atoms with Crippen LogP contribution in [0.4, 0.5) is 5.95 Å². The van der Waals surface area contributed by atoms with E-state index >= 15 is 0 Å². The van der Waals surface area contributed by atoms with Crippen molar-refractivity contribution in [1.82, 2.24) is 9.55 Å². The molecule has 4 nitrogen and oxygen atoms in total. The van der Waals surface area contributed by atoms with Crippen LogP contribution >= 0.6 is 0 Å². The van der Waals surface area contributed by atoms with Crippen LogP contribution in [0.15, 0.2) is 30.5 Å². The highest BCUT2D eigenvalue weighted by Gasteiger charge is 2.23. The van der Waals surface area contributed by atoms with Crippen molar-refractivity contribution >= 4 is 5.95 Å². The molecule has 4 heteroatoms. The van der Waals surface area contributed by atoms with Crippen LogP contribution in [0.5, 0.6) is 5.75 Å². The quantitative estimate of drug-likeness (QED) is 0.894. The Labute approximate surface area is 113 Å². The third-order valence-corrected chi connectivity index (χ3v) is 3.16. The summed E-state index contributed by atoms with van der Waals surface area (Å²) in [5.41, 5.74) is 2.13. The molecule has 1 saturated carbocycles. The van der Waals surface area contributed by atoms with Gasteiger partial charge < -0.3 is 10.1 Å². The van der Waals surface area contributed by atoms with Crippen LogP contribution in [0, 0.1) is 6.92 Å². The van der Waals surface area contributed by atoms with Crippen molar-refractivity contribution in [1.29, 1.82) is 0 Å². The summed E-state index contributed by atoms with van der Waals surface area (Å²) in [4.78, 5) is 4.55. The molecule has 19 heavy (non-hydrogen) atoms. The van der Waals surface area contributed by atoms with Crippen molar-refractivity contribution in [3.8, 4) is 11.4 Å². The van der Waals surface area contributed by atoms with E-state index in [2.05, 4.69) is 33.2 Å². The molecular formula is C15H19N3O. The largest absolute Gasteiger partial charge is 0.494 e. The molecule has 1 aromatic carbocycles. The first-order valence-corrected chi connectivity index (χ1v) is 6.82. The number of nitrogens with one attached hydrogen (secondary N) is 1. The Kier molecular flexibility index (Phi) is 3.15. The average molecular weight is 257 g/mol. The molecule has 0 bridgehead atoms. The first-order valence-electron chi connectivity index (χ1n) is 6.82. The van der Waals surface area contributed by atoms with Crippen molar-refractivity contribution in [2.75, 3.05) is 11.9 Å². The molecule has 1 fully saturated rings. The van der Waals surface area contributed by atoms with Crippen LogP contribution in [0.2, 0.25) is 0 Å². The minimum atomic E-state index is 0.600. The maximum absolute atomic E-state index is 5.47. The number of nitrogens with zero attached hydrogens (tertiary/aromatic N) is 2. The van der Waals surface area contributed by atoms with Gasteiger partial charge >= 0.3 is 0 Å². The minimum Gasteiger partial charge on any atom is -0.494 e. The lowest BCUT2D eigenvalue weighted by molar-refractivity contribution is 0.340. The van der Waals surface area contributed by atoms with Gasteiger partial charge in [0.15, 0.2) is 0 Å². The first-order chi connectivity index (χ1) is 9.26. The molecule has 0 saturated heterocycles. The molecule has 0 spiro atoms. The van der Waals surface area contributed by atoms with Gasteiger partial charge in [-0.1, -0.05) is 0 Å². The van der Waals surface area contributed by atoms with E-state index in [0.29, 0.717) is 12.6 Å². The maximum Gasteiger partial charge on any atom is 0.207 e. The Morgan fingerprint density at radius 2 is 2.05 bits per heavy atom. The molecule has 3 rings (SSSR count). The van der Waals surface area contributed by atoms with Crippen molar-refractivity contribution in [2.24, 2.45) is 0 Å². The Balaban J connectivity index is 1.87. The van der Waals surface area contributed by atoms with E-state index in [-0.39, 0.29) is 0 Å². The standard InChI is InChI=1S/C15H19N3O/c1-3-19-14-8-6-13(7-9-14)18-10-11(2)16-15(18)17-12-4-5-12/h6-10,12H,3-5H2,1-2H3,(H,16,17). The van der Waals surface area contributed by atoms with E-state index < -0.39 is 0 Å². The molecular weight excluding hydrogens is 238 g/mol. The van der Waals surface area contributed by atoms with E-state index in [1.807, 2.05) is 26.0 Å². The zero-order chi connectivity index (χ0) is 13.2. The molecule has 0 unspecified atom stereocenters. The van der Waals surface area contributed by atoms with Gasteiger partial charge in [0.1, 0.15) is 5.75 Å². The summed E-state index contributed by atoms with van der Waals surface area (Å²) in [7, 11) is 0. The molecule has 100 valence electrons. The van der Waals surface area contributed by atoms with Crippen molar-refractivity contribution < 1.29 is 4.74 Å². The van der Waals surface area contributed by atoms with Gasteiger partial charge in [-0.25, -0.2) is 4.98 Å². The maximum atomic E-state index is 5.47. The fourth-order valence-electron chi connectivity index (χ4n) is 2.08. The average Bonchev–Trinajstić information content (AvgIpc) is 3.13. The Morgan fingerprint density at radius 3 is 2.68 bits per heavy atom. The van der Waals surface area contributed by atoms with E-state index in [1.165, 1.54) is 12.8 Å². The summed E-state index contributed by atoms with van der Waals surface area (Å²) in [6.45, 7) is 4.70. The van der Waals surface area contributed by atoms with Crippen LogP contribution in [-0.4, -0.2) is 22.2 Å². The van der Waals surface area contributed by atoms with Gasteiger partial charge in [-0.3, -0.25) is 4.57 Å². The van der Waals surface area contributed by atoms with Crippen molar-refractivity contribution in [3.63, 3.8) is 0 Å². The smallest absolute Gasteiger partial charge is 0.207 e. The number of rotatable bonds is 5. The molecule has 1 heterocycles. The first kappa shape index (κ1) is 12.1.